The summed E-state index contributed by atoms with van der Waals surface area (Å²) < 4.78 is 1.42. The second-order valence-electron chi connectivity index (χ2n) is 2.96. The summed E-state index contributed by atoms with van der Waals surface area (Å²) in [5, 5.41) is 21.5. The molecule has 5 nitrogen and oxygen atoms in total. The van der Waals surface area contributed by atoms with E-state index < -0.39 is 5.91 Å². The van der Waals surface area contributed by atoms with E-state index in [2.05, 4.69) is 10.5 Å². The molecule has 0 fully saturated rings. The van der Waals surface area contributed by atoms with Gasteiger partial charge in [0.05, 0.1) is 19.4 Å². The number of phenolic OH excluding ortho intramolecular Hbond substituents is 1. The fourth-order valence-corrected chi connectivity index (χ4v) is 2.77. The van der Waals surface area contributed by atoms with Gasteiger partial charge in [0.2, 0.25) is 0 Å². The van der Waals surface area contributed by atoms with Gasteiger partial charge in [-0.15, -0.1) is 0 Å². The average Bonchev–Trinajstić information content (AvgIpc) is 2.26. The topological polar surface area (TPSA) is 85.5 Å². The Bertz CT molecular complexity index is 486. The molecular weight excluding hydrogens is 448 g/mol. The van der Waals surface area contributed by atoms with Gasteiger partial charge < -0.3 is 5.11 Å². The Hall–Kier alpha value is -0.890. The van der Waals surface area contributed by atoms with Crippen LogP contribution in [0.15, 0.2) is 17.2 Å². The summed E-state index contributed by atoms with van der Waals surface area (Å²) in [6, 6.07) is 5.19. The summed E-state index contributed by atoms with van der Waals surface area (Å²) >= 11 is 4.01. The summed E-state index contributed by atoms with van der Waals surface area (Å²) in [6.45, 7) is 0. The van der Waals surface area contributed by atoms with Crippen molar-refractivity contribution in [3.05, 3.63) is 24.8 Å². The Morgan fingerprint density at radius 1 is 1.53 bits per heavy atom. The zero-order chi connectivity index (χ0) is 12.8. The van der Waals surface area contributed by atoms with E-state index in [-0.39, 0.29) is 12.2 Å². The molecule has 0 saturated heterocycles. The van der Waals surface area contributed by atoms with E-state index >= 15 is 0 Å². The van der Waals surface area contributed by atoms with Crippen molar-refractivity contribution >= 4 is 57.3 Å². The number of carbonyl (C=O) groups excluding carboxylic acids is 1. The van der Waals surface area contributed by atoms with Crippen molar-refractivity contribution in [1.82, 2.24) is 5.43 Å². The summed E-state index contributed by atoms with van der Waals surface area (Å²) in [4.78, 5) is 10.9. The van der Waals surface area contributed by atoms with Crippen LogP contribution in [-0.4, -0.2) is 17.2 Å². The summed E-state index contributed by atoms with van der Waals surface area (Å²) in [6.07, 6.45) is 1.24. The molecule has 0 atom stereocenters. The van der Waals surface area contributed by atoms with Crippen LogP contribution >= 0.6 is 45.2 Å². The number of nitrogens with zero attached hydrogens (tertiary/aromatic N) is 2. The zero-order valence-electron chi connectivity index (χ0n) is 8.44. The molecule has 1 rings (SSSR count). The van der Waals surface area contributed by atoms with E-state index in [0.717, 1.165) is 5.56 Å². The second kappa shape index (κ2) is 6.75. The number of amides is 1. The number of benzene rings is 1. The van der Waals surface area contributed by atoms with Gasteiger partial charge in [-0.05, 0) is 62.9 Å². The van der Waals surface area contributed by atoms with E-state index in [9.17, 15) is 9.90 Å². The van der Waals surface area contributed by atoms with Gasteiger partial charge in [-0.25, -0.2) is 5.43 Å². The van der Waals surface area contributed by atoms with Crippen LogP contribution in [-0.2, 0) is 4.79 Å². The monoisotopic (exact) mass is 455 g/mol. The van der Waals surface area contributed by atoms with Crippen molar-refractivity contribution in [3.63, 3.8) is 0 Å². The lowest BCUT2D eigenvalue weighted by molar-refractivity contribution is -0.120. The highest BCUT2D eigenvalue weighted by Gasteiger charge is 2.04. The first-order chi connectivity index (χ1) is 8.04. The molecule has 0 radical (unpaired) electrons. The summed E-state index contributed by atoms with van der Waals surface area (Å²) in [5.74, 6) is -0.219. The standard InChI is InChI=1S/C10H7I2N3O2/c11-7-3-6(4-8(12)10(7)17)5-14-15-9(16)1-2-13/h3-5,17H,1H2,(H,15,16)/b14-5+. The molecule has 7 heteroatoms. The average molecular weight is 455 g/mol. The summed E-state index contributed by atoms with van der Waals surface area (Å²) in [7, 11) is 0. The Balaban J connectivity index is 2.73. The number of hydrazone groups is 1. The van der Waals surface area contributed by atoms with Gasteiger partial charge in [-0.1, -0.05) is 0 Å². The van der Waals surface area contributed by atoms with E-state index in [4.69, 9.17) is 5.26 Å². The highest BCUT2D eigenvalue weighted by Crippen LogP contribution is 2.26. The maximum absolute atomic E-state index is 10.9. The van der Waals surface area contributed by atoms with Crippen molar-refractivity contribution in [2.24, 2.45) is 5.10 Å². The number of halogens is 2. The van der Waals surface area contributed by atoms with E-state index in [1.807, 2.05) is 45.2 Å². The Labute approximate surface area is 125 Å². The molecule has 88 valence electrons. The van der Waals surface area contributed by atoms with Crippen LogP contribution in [0.1, 0.15) is 12.0 Å². The van der Waals surface area contributed by atoms with Gasteiger partial charge in [0.25, 0.3) is 5.91 Å². The Kier molecular flexibility index (Phi) is 5.63. The molecule has 0 spiro atoms. The molecule has 0 aliphatic rings. The first-order valence-corrected chi connectivity index (χ1v) is 6.57. The second-order valence-corrected chi connectivity index (χ2v) is 5.29. The molecule has 0 bridgehead atoms. The molecular formula is C10H7I2N3O2. The smallest absolute Gasteiger partial charge is 0.254 e. The van der Waals surface area contributed by atoms with Crippen LogP contribution in [0.2, 0.25) is 0 Å². The van der Waals surface area contributed by atoms with Crippen LogP contribution in [0.3, 0.4) is 0 Å². The van der Waals surface area contributed by atoms with Crippen molar-refractivity contribution in [2.75, 3.05) is 0 Å². The maximum atomic E-state index is 10.9. The third-order valence-electron chi connectivity index (χ3n) is 1.68. The number of hydrogen-bond acceptors (Lipinski definition) is 4. The van der Waals surface area contributed by atoms with Crippen LogP contribution in [0.5, 0.6) is 5.75 Å². The minimum Gasteiger partial charge on any atom is -0.506 e. The first-order valence-electron chi connectivity index (χ1n) is 4.41. The van der Waals surface area contributed by atoms with E-state index in [1.165, 1.54) is 6.21 Å². The fraction of sp³-hybridized carbons (Fsp3) is 0.100. The largest absolute Gasteiger partial charge is 0.506 e. The molecule has 2 N–H and O–H groups in total. The predicted octanol–water partition coefficient (Wildman–Crippen LogP) is 1.97. The van der Waals surface area contributed by atoms with Crippen LogP contribution < -0.4 is 5.43 Å². The molecule has 0 unspecified atom stereocenters. The highest BCUT2D eigenvalue weighted by atomic mass is 127. The van der Waals surface area contributed by atoms with Crippen LogP contribution in [0, 0.1) is 18.5 Å². The lowest BCUT2D eigenvalue weighted by Gasteiger charge is -2.01. The molecule has 0 aliphatic heterocycles. The normalized spacial score (nSPS) is 10.2. The van der Waals surface area contributed by atoms with Crippen molar-refractivity contribution in [3.8, 4) is 11.8 Å². The molecule has 0 aliphatic carbocycles. The van der Waals surface area contributed by atoms with E-state index in [0.29, 0.717) is 7.14 Å². The van der Waals surface area contributed by atoms with Crippen LogP contribution in [0.25, 0.3) is 0 Å². The minimum absolute atomic E-state index is 0.220. The Morgan fingerprint density at radius 2 is 2.12 bits per heavy atom. The zero-order valence-corrected chi connectivity index (χ0v) is 12.8. The van der Waals surface area contributed by atoms with Gasteiger partial charge in [-0.3, -0.25) is 4.79 Å². The van der Waals surface area contributed by atoms with Gasteiger partial charge in [-0.2, -0.15) is 10.4 Å². The highest BCUT2D eigenvalue weighted by molar-refractivity contribution is 14.1. The number of nitriles is 1. The third-order valence-corrected chi connectivity index (χ3v) is 3.33. The van der Waals surface area contributed by atoms with Gasteiger partial charge >= 0.3 is 0 Å². The lowest BCUT2D eigenvalue weighted by Crippen LogP contribution is -2.16. The van der Waals surface area contributed by atoms with Crippen molar-refractivity contribution in [1.29, 1.82) is 5.26 Å². The molecule has 1 aromatic carbocycles. The van der Waals surface area contributed by atoms with Crippen LogP contribution in [0.4, 0.5) is 0 Å². The maximum Gasteiger partial charge on any atom is 0.254 e. The molecule has 0 aromatic heterocycles. The predicted molar refractivity (Wildman–Crippen MR) is 79.5 cm³/mol. The molecule has 1 amide bonds. The summed E-state index contributed by atoms with van der Waals surface area (Å²) in [5.41, 5.74) is 2.98. The molecule has 0 saturated carbocycles. The lowest BCUT2D eigenvalue weighted by atomic mass is 10.2. The number of carbonyl (C=O) groups is 1. The molecule has 1 aromatic rings. The number of nitrogens with one attached hydrogen (secondary N) is 1. The van der Waals surface area contributed by atoms with Gasteiger partial charge in [0.1, 0.15) is 12.2 Å². The molecule has 0 heterocycles. The van der Waals surface area contributed by atoms with Crippen molar-refractivity contribution < 1.29 is 9.90 Å². The number of aromatic hydroxyl groups is 1. The van der Waals surface area contributed by atoms with E-state index in [1.54, 1.807) is 18.2 Å². The Morgan fingerprint density at radius 3 is 2.65 bits per heavy atom. The SMILES string of the molecule is N#CCC(=O)N/N=C/c1cc(I)c(O)c(I)c1. The van der Waals surface area contributed by atoms with Crippen molar-refractivity contribution in [2.45, 2.75) is 6.42 Å². The van der Waals surface area contributed by atoms with Gasteiger partial charge in [0.15, 0.2) is 0 Å². The minimum atomic E-state index is -0.452. The number of phenols is 1. The number of rotatable bonds is 3. The van der Waals surface area contributed by atoms with Gasteiger partial charge in [0, 0.05) is 0 Å². The quantitative estimate of drug-likeness (QED) is 0.416. The molecule has 17 heavy (non-hydrogen) atoms. The first kappa shape index (κ1) is 14.2. The number of hydrogen-bond donors (Lipinski definition) is 2. The fourth-order valence-electron chi connectivity index (χ4n) is 0.950. The third kappa shape index (κ3) is 4.47.